The summed E-state index contributed by atoms with van der Waals surface area (Å²) in [5, 5.41) is 0. The van der Waals surface area contributed by atoms with Crippen LogP contribution >= 0.6 is 0 Å². The van der Waals surface area contributed by atoms with Crippen molar-refractivity contribution >= 4 is 5.97 Å². The van der Waals surface area contributed by atoms with E-state index in [9.17, 15) is 4.79 Å². The van der Waals surface area contributed by atoms with Crippen LogP contribution in [-0.4, -0.2) is 13.1 Å². The standard InChI is InChI=1S/C11H18O2/c1-9(2)10(3)5-6-11(9,7-10)8(12)13-4/h5-7H2,1-4H3. The fourth-order valence-corrected chi connectivity index (χ4v) is 3.49. The molecule has 3 aliphatic carbocycles. The van der Waals surface area contributed by atoms with Crippen LogP contribution in [0.3, 0.4) is 0 Å². The van der Waals surface area contributed by atoms with Crippen molar-refractivity contribution in [1.82, 2.24) is 0 Å². The van der Waals surface area contributed by atoms with Gasteiger partial charge < -0.3 is 4.74 Å². The van der Waals surface area contributed by atoms with Crippen LogP contribution in [0.5, 0.6) is 0 Å². The number of carbonyl (C=O) groups is 1. The first-order valence-corrected chi connectivity index (χ1v) is 4.98. The van der Waals surface area contributed by atoms with E-state index in [0.29, 0.717) is 5.41 Å². The zero-order valence-electron chi connectivity index (χ0n) is 8.94. The van der Waals surface area contributed by atoms with E-state index < -0.39 is 0 Å². The van der Waals surface area contributed by atoms with E-state index in [2.05, 4.69) is 20.8 Å². The number of methoxy groups -OCH3 is 1. The van der Waals surface area contributed by atoms with Gasteiger partial charge in [0.05, 0.1) is 12.5 Å². The van der Waals surface area contributed by atoms with Crippen molar-refractivity contribution in [2.75, 3.05) is 7.11 Å². The number of esters is 1. The summed E-state index contributed by atoms with van der Waals surface area (Å²) in [5.74, 6) is 0.00692. The van der Waals surface area contributed by atoms with Gasteiger partial charge in [-0.05, 0) is 30.1 Å². The molecule has 3 rings (SSSR count). The Morgan fingerprint density at radius 1 is 1.23 bits per heavy atom. The van der Waals surface area contributed by atoms with Gasteiger partial charge in [-0.15, -0.1) is 0 Å². The van der Waals surface area contributed by atoms with Gasteiger partial charge in [-0.1, -0.05) is 20.8 Å². The Bertz CT molecular complexity index is 269. The van der Waals surface area contributed by atoms with Crippen molar-refractivity contribution in [2.24, 2.45) is 16.2 Å². The maximum Gasteiger partial charge on any atom is 0.312 e. The van der Waals surface area contributed by atoms with Crippen molar-refractivity contribution in [3.05, 3.63) is 0 Å². The lowest BCUT2D eigenvalue weighted by atomic mass is 9.44. The van der Waals surface area contributed by atoms with E-state index in [0.717, 1.165) is 12.8 Å². The van der Waals surface area contributed by atoms with Gasteiger partial charge >= 0.3 is 5.97 Å². The summed E-state index contributed by atoms with van der Waals surface area (Å²) in [6.07, 6.45) is 3.22. The molecule has 0 aromatic carbocycles. The molecule has 3 saturated carbocycles. The Morgan fingerprint density at radius 3 is 2.15 bits per heavy atom. The maximum absolute atomic E-state index is 11.7. The highest BCUT2D eigenvalue weighted by Gasteiger charge is 2.75. The third-order valence-corrected chi connectivity index (χ3v) is 5.08. The van der Waals surface area contributed by atoms with Crippen LogP contribution in [0.15, 0.2) is 0 Å². The van der Waals surface area contributed by atoms with E-state index >= 15 is 0 Å². The molecular weight excluding hydrogens is 164 g/mol. The van der Waals surface area contributed by atoms with Gasteiger partial charge in [0.25, 0.3) is 0 Å². The average Bonchev–Trinajstić information content (AvgIpc) is 2.54. The van der Waals surface area contributed by atoms with Gasteiger partial charge in [0.1, 0.15) is 0 Å². The minimum atomic E-state index is -0.156. The molecule has 2 nitrogen and oxygen atoms in total. The van der Waals surface area contributed by atoms with Gasteiger partial charge in [0, 0.05) is 0 Å². The lowest BCUT2D eigenvalue weighted by Gasteiger charge is -2.59. The first kappa shape index (κ1) is 9.04. The van der Waals surface area contributed by atoms with E-state index in [4.69, 9.17) is 4.74 Å². The van der Waals surface area contributed by atoms with E-state index in [-0.39, 0.29) is 16.8 Å². The zero-order chi connectivity index (χ0) is 9.91. The highest BCUT2D eigenvalue weighted by atomic mass is 16.5. The predicted molar refractivity (Wildman–Crippen MR) is 50.2 cm³/mol. The monoisotopic (exact) mass is 182 g/mol. The quantitative estimate of drug-likeness (QED) is 0.582. The first-order valence-electron chi connectivity index (χ1n) is 4.98. The van der Waals surface area contributed by atoms with Crippen LogP contribution in [0.1, 0.15) is 40.0 Å². The Morgan fingerprint density at radius 2 is 1.85 bits per heavy atom. The summed E-state index contributed by atoms with van der Waals surface area (Å²) in [4.78, 5) is 11.7. The van der Waals surface area contributed by atoms with Crippen LogP contribution in [0.4, 0.5) is 0 Å². The molecule has 0 aliphatic heterocycles. The van der Waals surface area contributed by atoms with E-state index in [1.54, 1.807) is 0 Å². The van der Waals surface area contributed by atoms with Gasteiger partial charge in [-0.2, -0.15) is 0 Å². The lowest BCUT2D eigenvalue weighted by Crippen LogP contribution is -2.58. The Hall–Kier alpha value is -0.530. The predicted octanol–water partition coefficient (Wildman–Crippen LogP) is 2.38. The second-order valence-corrected chi connectivity index (χ2v) is 5.44. The molecular formula is C11H18O2. The van der Waals surface area contributed by atoms with Gasteiger partial charge in [-0.3, -0.25) is 4.79 Å². The highest BCUT2D eigenvalue weighted by molar-refractivity contribution is 5.80. The third kappa shape index (κ3) is 0.695. The molecule has 0 heterocycles. The zero-order valence-corrected chi connectivity index (χ0v) is 8.94. The molecule has 3 fully saturated rings. The summed E-state index contributed by atoms with van der Waals surface area (Å²) >= 11 is 0. The molecule has 0 radical (unpaired) electrons. The minimum Gasteiger partial charge on any atom is -0.469 e. The summed E-state index contributed by atoms with van der Waals surface area (Å²) in [7, 11) is 1.50. The smallest absolute Gasteiger partial charge is 0.312 e. The molecule has 2 atom stereocenters. The molecule has 0 amide bonds. The van der Waals surface area contributed by atoms with Crippen LogP contribution in [-0.2, 0) is 9.53 Å². The van der Waals surface area contributed by atoms with E-state index in [1.807, 2.05) is 0 Å². The molecule has 0 N–H and O–H groups in total. The fraction of sp³-hybridized carbons (Fsp3) is 0.909. The molecule has 0 aromatic rings. The fourth-order valence-electron chi connectivity index (χ4n) is 3.49. The molecule has 2 bridgehead atoms. The third-order valence-electron chi connectivity index (χ3n) is 5.08. The Labute approximate surface area is 79.7 Å². The van der Waals surface area contributed by atoms with Crippen LogP contribution in [0.25, 0.3) is 0 Å². The number of ether oxygens (including phenoxy) is 1. The molecule has 0 aromatic heterocycles. The van der Waals surface area contributed by atoms with Crippen LogP contribution < -0.4 is 0 Å². The second kappa shape index (κ2) is 2.10. The van der Waals surface area contributed by atoms with Crippen molar-refractivity contribution in [2.45, 2.75) is 40.0 Å². The van der Waals surface area contributed by atoms with Gasteiger partial charge in [0.2, 0.25) is 0 Å². The largest absolute Gasteiger partial charge is 0.469 e. The number of hydrogen-bond acceptors (Lipinski definition) is 2. The van der Waals surface area contributed by atoms with Crippen molar-refractivity contribution < 1.29 is 9.53 Å². The molecule has 13 heavy (non-hydrogen) atoms. The van der Waals surface area contributed by atoms with Gasteiger partial charge in [-0.25, -0.2) is 0 Å². The van der Waals surface area contributed by atoms with Crippen molar-refractivity contribution in [3.8, 4) is 0 Å². The Balaban J connectivity index is 2.35. The van der Waals surface area contributed by atoms with Crippen LogP contribution in [0.2, 0.25) is 0 Å². The lowest BCUT2D eigenvalue weighted by molar-refractivity contribution is -0.187. The summed E-state index contributed by atoms with van der Waals surface area (Å²) in [6, 6.07) is 0. The molecule has 2 unspecified atom stereocenters. The normalized spacial score (nSPS) is 45.5. The number of rotatable bonds is 1. The average molecular weight is 182 g/mol. The van der Waals surface area contributed by atoms with Crippen LogP contribution in [0, 0.1) is 16.2 Å². The molecule has 74 valence electrons. The summed E-state index contributed by atoms with van der Waals surface area (Å²) in [6.45, 7) is 6.71. The number of hydrogen-bond donors (Lipinski definition) is 0. The minimum absolute atomic E-state index is 0.00692. The SMILES string of the molecule is COC(=O)C12CCC(C)(C1)C2(C)C. The molecule has 3 aliphatic rings. The van der Waals surface area contributed by atoms with Crippen molar-refractivity contribution in [3.63, 3.8) is 0 Å². The first-order chi connectivity index (χ1) is 5.90. The summed E-state index contributed by atoms with van der Waals surface area (Å²) in [5.41, 5.74) is 0.352. The van der Waals surface area contributed by atoms with Gasteiger partial charge in [0.15, 0.2) is 0 Å². The Kier molecular flexibility index (Phi) is 1.46. The number of fused-ring (bicyclic) bond motifs is 1. The molecule has 0 spiro atoms. The maximum atomic E-state index is 11.7. The topological polar surface area (TPSA) is 26.3 Å². The van der Waals surface area contributed by atoms with E-state index in [1.165, 1.54) is 13.5 Å². The second-order valence-electron chi connectivity index (χ2n) is 5.44. The van der Waals surface area contributed by atoms with Crippen molar-refractivity contribution in [1.29, 1.82) is 0 Å². The highest BCUT2D eigenvalue weighted by Crippen LogP contribution is 2.77. The number of carbonyl (C=O) groups excluding carboxylic acids is 1. The molecule has 2 heteroatoms. The summed E-state index contributed by atoms with van der Waals surface area (Å²) < 4.78 is 4.92. The molecule has 0 saturated heterocycles.